The maximum absolute atomic E-state index is 6.11. The molecule has 1 unspecified atom stereocenters. The van der Waals surface area contributed by atoms with Gasteiger partial charge in [0.05, 0.1) is 11.0 Å². The third kappa shape index (κ3) is 2.91. The van der Waals surface area contributed by atoms with Crippen LogP contribution in [0.3, 0.4) is 0 Å². The summed E-state index contributed by atoms with van der Waals surface area (Å²) < 4.78 is 2.20. The van der Waals surface area contributed by atoms with Crippen LogP contribution >= 0.6 is 0 Å². The molecule has 0 amide bonds. The molecular weight excluding hydrogens is 234 g/mol. The van der Waals surface area contributed by atoms with Gasteiger partial charge < -0.3 is 10.3 Å². The van der Waals surface area contributed by atoms with Crippen LogP contribution in [0.4, 0.5) is 5.95 Å². The number of fused-ring (bicyclic) bond motifs is 1. The van der Waals surface area contributed by atoms with Crippen molar-refractivity contribution in [3.05, 3.63) is 23.8 Å². The number of rotatable bonds is 6. The number of nitrogens with zero attached hydrogens (tertiary/aromatic N) is 2. The molecule has 2 N–H and O–H groups in total. The summed E-state index contributed by atoms with van der Waals surface area (Å²) in [5.74, 6) is 1.35. The lowest BCUT2D eigenvalue weighted by Crippen LogP contribution is -2.12. The van der Waals surface area contributed by atoms with E-state index >= 15 is 0 Å². The number of aromatic nitrogens is 2. The Labute approximate surface area is 115 Å². The summed E-state index contributed by atoms with van der Waals surface area (Å²) in [6.45, 7) is 7.64. The Morgan fingerprint density at radius 1 is 1.32 bits per heavy atom. The van der Waals surface area contributed by atoms with Crippen LogP contribution in [0.15, 0.2) is 18.2 Å². The van der Waals surface area contributed by atoms with Crippen LogP contribution in [0, 0.1) is 12.8 Å². The lowest BCUT2D eigenvalue weighted by atomic mass is 9.99. The predicted octanol–water partition coefficient (Wildman–Crippen LogP) is 4.14. The van der Waals surface area contributed by atoms with E-state index in [0.29, 0.717) is 11.9 Å². The molecule has 3 nitrogen and oxygen atoms in total. The molecule has 104 valence electrons. The van der Waals surface area contributed by atoms with E-state index < -0.39 is 0 Å². The number of unbranched alkanes of at least 4 members (excludes halogenated alkanes) is 1. The summed E-state index contributed by atoms with van der Waals surface area (Å²) in [5, 5.41) is 0. The number of para-hydroxylation sites is 1. The number of aryl methyl sites for hydroxylation is 1. The van der Waals surface area contributed by atoms with Gasteiger partial charge in [-0.3, -0.25) is 0 Å². The van der Waals surface area contributed by atoms with E-state index in [-0.39, 0.29) is 0 Å². The highest BCUT2D eigenvalue weighted by Gasteiger charge is 2.14. The molecule has 19 heavy (non-hydrogen) atoms. The van der Waals surface area contributed by atoms with Gasteiger partial charge in [-0.2, -0.15) is 0 Å². The zero-order valence-electron chi connectivity index (χ0n) is 12.3. The average molecular weight is 259 g/mol. The van der Waals surface area contributed by atoms with Gasteiger partial charge in [-0.25, -0.2) is 4.98 Å². The fourth-order valence-electron chi connectivity index (χ4n) is 2.74. The molecule has 0 aliphatic rings. The molecule has 2 rings (SSSR count). The lowest BCUT2D eigenvalue weighted by molar-refractivity contribution is 0.397. The highest BCUT2D eigenvalue weighted by molar-refractivity contribution is 5.81. The van der Waals surface area contributed by atoms with Crippen molar-refractivity contribution in [3.63, 3.8) is 0 Å². The van der Waals surface area contributed by atoms with Gasteiger partial charge in [-0.05, 0) is 30.9 Å². The molecule has 1 aromatic carbocycles. The number of anilines is 1. The lowest BCUT2D eigenvalue weighted by Gasteiger charge is -2.17. The zero-order chi connectivity index (χ0) is 13.8. The molecule has 0 fully saturated rings. The Balaban J connectivity index is 2.31. The van der Waals surface area contributed by atoms with E-state index in [1.54, 1.807) is 0 Å². The van der Waals surface area contributed by atoms with Crippen LogP contribution in [0.5, 0.6) is 0 Å². The largest absolute Gasteiger partial charge is 0.369 e. The Bertz CT molecular complexity index is 542. The number of hydrogen-bond acceptors (Lipinski definition) is 2. The summed E-state index contributed by atoms with van der Waals surface area (Å²) in [4.78, 5) is 4.48. The van der Waals surface area contributed by atoms with E-state index in [2.05, 4.69) is 36.4 Å². The van der Waals surface area contributed by atoms with Crippen molar-refractivity contribution >= 4 is 17.0 Å². The van der Waals surface area contributed by atoms with Crippen LogP contribution < -0.4 is 5.73 Å². The standard InChI is InChI=1S/C16H25N3/c1-4-6-9-13(5-2)11-19-15-12(3)8-7-10-14(15)18-16(19)17/h7-8,10,13H,4-6,9,11H2,1-3H3,(H2,17,18). The maximum Gasteiger partial charge on any atom is 0.201 e. The monoisotopic (exact) mass is 259 g/mol. The zero-order valence-corrected chi connectivity index (χ0v) is 12.3. The van der Waals surface area contributed by atoms with Crippen LogP contribution in [0.2, 0.25) is 0 Å². The molecule has 1 atom stereocenters. The summed E-state index contributed by atoms with van der Waals surface area (Å²) >= 11 is 0. The fraction of sp³-hybridized carbons (Fsp3) is 0.562. The summed E-state index contributed by atoms with van der Waals surface area (Å²) in [6, 6.07) is 6.22. The third-order valence-corrected chi connectivity index (χ3v) is 3.98. The van der Waals surface area contributed by atoms with Crippen molar-refractivity contribution in [2.45, 2.75) is 53.0 Å². The van der Waals surface area contributed by atoms with E-state index in [9.17, 15) is 0 Å². The quantitative estimate of drug-likeness (QED) is 0.847. The first-order valence-electron chi connectivity index (χ1n) is 7.38. The molecule has 3 heteroatoms. The SMILES string of the molecule is CCCCC(CC)Cn1c(N)nc2cccc(C)c21. The van der Waals surface area contributed by atoms with Gasteiger partial charge in [0.25, 0.3) is 0 Å². The summed E-state index contributed by atoms with van der Waals surface area (Å²) in [5.41, 5.74) is 9.58. The third-order valence-electron chi connectivity index (χ3n) is 3.98. The van der Waals surface area contributed by atoms with Crippen LogP contribution in [0.25, 0.3) is 11.0 Å². The van der Waals surface area contributed by atoms with E-state index in [1.165, 1.54) is 36.8 Å². The van der Waals surface area contributed by atoms with Crippen molar-refractivity contribution in [3.8, 4) is 0 Å². The van der Waals surface area contributed by atoms with Gasteiger partial charge in [0.15, 0.2) is 0 Å². The summed E-state index contributed by atoms with van der Waals surface area (Å²) in [6.07, 6.45) is 5.03. The number of nitrogens with two attached hydrogens (primary N) is 1. The number of imidazole rings is 1. The first kappa shape index (κ1) is 13.9. The second kappa shape index (κ2) is 6.09. The van der Waals surface area contributed by atoms with Gasteiger partial charge in [-0.1, -0.05) is 45.2 Å². The van der Waals surface area contributed by atoms with Crippen LogP contribution in [-0.2, 0) is 6.54 Å². The van der Waals surface area contributed by atoms with Crippen LogP contribution in [-0.4, -0.2) is 9.55 Å². The first-order chi connectivity index (χ1) is 9.17. The van der Waals surface area contributed by atoms with Crippen molar-refractivity contribution in [1.29, 1.82) is 0 Å². The topological polar surface area (TPSA) is 43.8 Å². The first-order valence-corrected chi connectivity index (χ1v) is 7.38. The highest BCUT2D eigenvalue weighted by atomic mass is 15.2. The molecule has 1 aromatic heterocycles. The number of benzene rings is 1. The van der Waals surface area contributed by atoms with Gasteiger partial charge in [0.2, 0.25) is 5.95 Å². The minimum Gasteiger partial charge on any atom is -0.369 e. The van der Waals surface area contributed by atoms with E-state index in [4.69, 9.17) is 5.73 Å². The van der Waals surface area contributed by atoms with E-state index in [1.807, 2.05) is 12.1 Å². The predicted molar refractivity (Wildman–Crippen MR) is 82.2 cm³/mol. The molecule has 0 bridgehead atoms. The van der Waals surface area contributed by atoms with E-state index in [0.717, 1.165) is 12.1 Å². The van der Waals surface area contributed by atoms with Crippen molar-refractivity contribution in [2.24, 2.45) is 5.92 Å². The Morgan fingerprint density at radius 2 is 2.11 bits per heavy atom. The minimum absolute atomic E-state index is 0.652. The van der Waals surface area contributed by atoms with Crippen molar-refractivity contribution in [2.75, 3.05) is 5.73 Å². The Hall–Kier alpha value is -1.51. The normalized spacial score (nSPS) is 13.0. The van der Waals surface area contributed by atoms with Crippen molar-refractivity contribution in [1.82, 2.24) is 9.55 Å². The number of nitrogen functional groups attached to an aromatic ring is 1. The smallest absolute Gasteiger partial charge is 0.201 e. The molecule has 0 radical (unpaired) electrons. The minimum atomic E-state index is 0.652. The maximum atomic E-state index is 6.11. The van der Waals surface area contributed by atoms with Gasteiger partial charge in [0.1, 0.15) is 0 Å². The highest BCUT2D eigenvalue weighted by Crippen LogP contribution is 2.24. The van der Waals surface area contributed by atoms with Crippen LogP contribution in [0.1, 0.15) is 45.1 Å². The van der Waals surface area contributed by atoms with Gasteiger partial charge in [-0.15, -0.1) is 0 Å². The molecule has 1 heterocycles. The molecule has 0 saturated heterocycles. The van der Waals surface area contributed by atoms with Gasteiger partial charge in [0, 0.05) is 6.54 Å². The fourth-order valence-corrected chi connectivity index (χ4v) is 2.74. The van der Waals surface area contributed by atoms with Gasteiger partial charge >= 0.3 is 0 Å². The second-order valence-electron chi connectivity index (χ2n) is 5.44. The Morgan fingerprint density at radius 3 is 2.79 bits per heavy atom. The Kier molecular flexibility index (Phi) is 4.46. The molecule has 0 aliphatic heterocycles. The average Bonchev–Trinajstić information content (AvgIpc) is 2.72. The molecule has 0 spiro atoms. The second-order valence-corrected chi connectivity index (χ2v) is 5.44. The molecule has 2 aromatic rings. The molecule has 0 aliphatic carbocycles. The summed E-state index contributed by atoms with van der Waals surface area (Å²) in [7, 11) is 0. The van der Waals surface area contributed by atoms with Crippen molar-refractivity contribution < 1.29 is 0 Å². The molecule has 0 saturated carbocycles. The molecular formula is C16H25N3. The number of hydrogen-bond donors (Lipinski definition) is 1.